The lowest BCUT2D eigenvalue weighted by atomic mass is 9.94. The minimum atomic E-state index is -0.661. The van der Waals surface area contributed by atoms with Crippen LogP contribution in [0, 0.1) is 5.92 Å². The molecule has 3 heterocycles. The number of nitrogens with zero attached hydrogens (tertiary/aromatic N) is 2. The average Bonchev–Trinajstić information content (AvgIpc) is 2.81. The third-order valence-electron chi connectivity index (χ3n) is 4.48. The lowest BCUT2D eigenvalue weighted by Gasteiger charge is -2.32. The highest BCUT2D eigenvalue weighted by atomic mass is 15.3. The molecule has 0 amide bonds. The van der Waals surface area contributed by atoms with Crippen LogP contribution in [0.2, 0.25) is 0 Å². The summed E-state index contributed by atoms with van der Waals surface area (Å²) in [5.41, 5.74) is 11.4. The maximum atomic E-state index is 6.23. The summed E-state index contributed by atoms with van der Waals surface area (Å²) in [5.74, 6) is 2.18. The molecule has 0 aromatic heterocycles. The zero-order valence-electron chi connectivity index (χ0n) is 11.5. The standard InChI is InChI=1S/C13H24N6/c1-2-13(15)6-11(17-12(14)18-13)19-7-9-4-3-5-16-10(9)8-19/h6,9-10,16H,2-5,7-8,15H2,1H3,(H3,14,17,18). The van der Waals surface area contributed by atoms with Crippen LogP contribution in [-0.2, 0) is 0 Å². The Balaban J connectivity index is 1.76. The van der Waals surface area contributed by atoms with E-state index in [0.29, 0.717) is 12.0 Å². The first-order chi connectivity index (χ1) is 9.09. The van der Waals surface area contributed by atoms with Crippen molar-refractivity contribution in [1.82, 2.24) is 15.5 Å². The van der Waals surface area contributed by atoms with E-state index in [-0.39, 0.29) is 0 Å². The molecule has 6 nitrogen and oxygen atoms in total. The zero-order chi connectivity index (χ0) is 13.5. The first kappa shape index (κ1) is 12.7. The molecule has 2 fully saturated rings. The van der Waals surface area contributed by atoms with E-state index in [4.69, 9.17) is 11.5 Å². The van der Waals surface area contributed by atoms with E-state index in [9.17, 15) is 0 Å². The predicted molar refractivity (Wildman–Crippen MR) is 76.1 cm³/mol. The van der Waals surface area contributed by atoms with E-state index in [0.717, 1.165) is 37.8 Å². The van der Waals surface area contributed by atoms with E-state index >= 15 is 0 Å². The fourth-order valence-electron chi connectivity index (χ4n) is 3.28. The van der Waals surface area contributed by atoms with Crippen LogP contribution in [0.3, 0.4) is 0 Å². The van der Waals surface area contributed by atoms with Gasteiger partial charge >= 0.3 is 0 Å². The van der Waals surface area contributed by atoms with E-state index < -0.39 is 5.66 Å². The fraction of sp³-hybridized carbons (Fsp3) is 0.769. The minimum Gasteiger partial charge on any atom is -0.370 e. The van der Waals surface area contributed by atoms with Gasteiger partial charge < -0.3 is 27.0 Å². The second kappa shape index (κ2) is 4.68. The molecular formula is C13H24N6. The maximum absolute atomic E-state index is 6.23. The Hall–Kier alpha value is -1.27. The van der Waals surface area contributed by atoms with Gasteiger partial charge in [0, 0.05) is 19.1 Å². The monoisotopic (exact) mass is 264 g/mol. The van der Waals surface area contributed by atoms with Gasteiger partial charge in [0.25, 0.3) is 0 Å². The summed E-state index contributed by atoms with van der Waals surface area (Å²) >= 11 is 0. The summed E-state index contributed by atoms with van der Waals surface area (Å²) in [4.78, 5) is 6.64. The van der Waals surface area contributed by atoms with Crippen molar-refractivity contribution in [2.24, 2.45) is 22.4 Å². The molecule has 3 unspecified atom stereocenters. The summed E-state index contributed by atoms with van der Waals surface area (Å²) in [6.07, 6.45) is 5.35. The Morgan fingerprint density at radius 1 is 1.53 bits per heavy atom. The second-order valence-corrected chi connectivity index (χ2v) is 5.86. The number of fused-ring (bicyclic) bond motifs is 1. The Labute approximate surface area is 114 Å². The number of rotatable bonds is 2. The van der Waals surface area contributed by atoms with Crippen molar-refractivity contribution in [3.05, 3.63) is 11.9 Å². The number of nitrogens with two attached hydrogens (primary N) is 2. The van der Waals surface area contributed by atoms with Crippen molar-refractivity contribution in [1.29, 1.82) is 0 Å². The highest BCUT2D eigenvalue weighted by Crippen LogP contribution is 2.28. The van der Waals surface area contributed by atoms with Crippen molar-refractivity contribution in [3.8, 4) is 0 Å². The lowest BCUT2D eigenvalue weighted by molar-refractivity contribution is 0.337. The largest absolute Gasteiger partial charge is 0.370 e. The maximum Gasteiger partial charge on any atom is 0.196 e. The van der Waals surface area contributed by atoms with Crippen molar-refractivity contribution >= 4 is 5.96 Å². The Morgan fingerprint density at radius 3 is 3.11 bits per heavy atom. The third-order valence-corrected chi connectivity index (χ3v) is 4.48. The molecule has 0 bridgehead atoms. The number of guanidine groups is 1. The quantitative estimate of drug-likeness (QED) is 0.539. The van der Waals surface area contributed by atoms with Crippen LogP contribution in [0.1, 0.15) is 26.2 Å². The summed E-state index contributed by atoms with van der Waals surface area (Å²) in [6.45, 7) is 5.27. The van der Waals surface area contributed by atoms with E-state index in [1.807, 2.05) is 13.0 Å². The normalized spacial score (nSPS) is 38.3. The number of hydrogen-bond donors (Lipinski definition) is 4. The molecule has 0 saturated carbocycles. The summed E-state index contributed by atoms with van der Waals surface area (Å²) in [5, 5.41) is 6.77. The summed E-state index contributed by atoms with van der Waals surface area (Å²) in [6, 6.07) is 0.602. The average molecular weight is 264 g/mol. The van der Waals surface area contributed by atoms with Gasteiger partial charge in [-0.3, -0.25) is 0 Å². The Bertz CT molecular complexity index is 403. The number of likely N-dealkylation sites (tertiary alicyclic amines) is 1. The molecule has 19 heavy (non-hydrogen) atoms. The molecular weight excluding hydrogens is 240 g/mol. The number of aliphatic imine (C=N–C) groups is 1. The van der Waals surface area contributed by atoms with Gasteiger partial charge in [0.1, 0.15) is 11.5 Å². The van der Waals surface area contributed by atoms with Gasteiger partial charge in [-0.1, -0.05) is 6.92 Å². The molecule has 6 N–H and O–H groups in total. The fourth-order valence-corrected chi connectivity index (χ4v) is 3.28. The SMILES string of the molecule is CCC1(N)C=C(N2CC3CCCNC3C2)NC(N)=N1. The molecule has 3 atom stereocenters. The van der Waals surface area contributed by atoms with Crippen molar-refractivity contribution in [2.45, 2.75) is 37.9 Å². The van der Waals surface area contributed by atoms with Crippen LogP contribution >= 0.6 is 0 Å². The van der Waals surface area contributed by atoms with Crippen molar-refractivity contribution in [2.75, 3.05) is 19.6 Å². The second-order valence-electron chi connectivity index (χ2n) is 5.86. The molecule has 0 aromatic rings. The van der Waals surface area contributed by atoms with E-state index in [1.165, 1.54) is 12.8 Å². The van der Waals surface area contributed by atoms with Gasteiger partial charge in [-0.05, 0) is 37.8 Å². The molecule has 0 spiro atoms. The first-order valence-electron chi connectivity index (χ1n) is 7.22. The lowest BCUT2D eigenvalue weighted by Crippen LogP contribution is -2.49. The number of hydrogen-bond acceptors (Lipinski definition) is 6. The van der Waals surface area contributed by atoms with E-state index in [2.05, 4.69) is 20.5 Å². The summed E-state index contributed by atoms with van der Waals surface area (Å²) in [7, 11) is 0. The Morgan fingerprint density at radius 2 is 2.37 bits per heavy atom. The van der Waals surface area contributed by atoms with Gasteiger partial charge in [-0.2, -0.15) is 0 Å². The molecule has 2 saturated heterocycles. The van der Waals surface area contributed by atoms with Crippen molar-refractivity contribution < 1.29 is 0 Å². The smallest absolute Gasteiger partial charge is 0.196 e. The zero-order valence-corrected chi connectivity index (χ0v) is 11.5. The van der Waals surface area contributed by atoms with Gasteiger partial charge in [0.15, 0.2) is 5.96 Å². The van der Waals surface area contributed by atoms with Gasteiger partial charge in [-0.25, -0.2) is 4.99 Å². The van der Waals surface area contributed by atoms with Crippen LogP contribution in [0.4, 0.5) is 0 Å². The van der Waals surface area contributed by atoms with E-state index in [1.54, 1.807) is 0 Å². The van der Waals surface area contributed by atoms with Crippen LogP contribution in [0.15, 0.2) is 16.9 Å². The molecule has 106 valence electrons. The minimum absolute atomic E-state index is 0.421. The van der Waals surface area contributed by atoms with Crippen LogP contribution in [0.25, 0.3) is 0 Å². The van der Waals surface area contributed by atoms with Gasteiger partial charge in [-0.15, -0.1) is 0 Å². The molecule has 3 aliphatic rings. The molecule has 0 aliphatic carbocycles. The first-order valence-corrected chi connectivity index (χ1v) is 7.22. The molecule has 3 aliphatic heterocycles. The van der Waals surface area contributed by atoms with Crippen LogP contribution in [0.5, 0.6) is 0 Å². The molecule has 6 heteroatoms. The van der Waals surface area contributed by atoms with Crippen molar-refractivity contribution in [3.63, 3.8) is 0 Å². The predicted octanol–water partition coefficient (Wildman–Crippen LogP) is -0.505. The van der Waals surface area contributed by atoms with Crippen LogP contribution < -0.4 is 22.1 Å². The highest BCUT2D eigenvalue weighted by Gasteiger charge is 2.37. The van der Waals surface area contributed by atoms with Crippen LogP contribution in [-0.4, -0.2) is 42.2 Å². The third kappa shape index (κ3) is 2.42. The topological polar surface area (TPSA) is 91.7 Å². The molecule has 0 radical (unpaired) electrons. The summed E-state index contributed by atoms with van der Waals surface area (Å²) < 4.78 is 0. The van der Waals surface area contributed by atoms with Gasteiger partial charge in [0.2, 0.25) is 0 Å². The number of piperidine rings is 1. The highest BCUT2D eigenvalue weighted by molar-refractivity contribution is 5.81. The Kier molecular flexibility index (Phi) is 3.14. The molecule has 3 rings (SSSR count). The van der Waals surface area contributed by atoms with Gasteiger partial charge in [0.05, 0.1) is 0 Å². The number of nitrogens with one attached hydrogen (secondary N) is 2. The molecule has 0 aromatic carbocycles.